The minimum Gasteiger partial charge on any atom is -0.261 e. The largest absolute Gasteiger partial charge is 0.276 e. The highest BCUT2D eigenvalue weighted by Crippen LogP contribution is 2.19. The summed E-state index contributed by atoms with van der Waals surface area (Å²) in [4.78, 5) is 18.8. The van der Waals surface area contributed by atoms with E-state index in [1.165, 1.54) is 18.6 Å². The highest BCUT2D eigenvalue weighted by Gasteiger charge is 2.08. The highest BCUT2D eigenvalue weighted by atomic mass is 16.6. The smallest absolute Gasteiger partial charge is 0.261 e. The molecule has 0 amide bonds. The number of allylic oxidation sites excluding steroid dienone is 1. The van der Waals surface area contributed by atoms with Crippen LogP contribution >= 0.6 is 0 Å². The SMILES string of the molecule is O=[N+]([O-])c1ccccc1/C=C/C=NNc1ncnc2ccccc12. The van der Waals surface area contributed by atoms with Gasteiger partial charge in [-0.1, -0.05) is 24.3 Å². The van der Waals surface area contributed by atoms with Gasteiger partial charge >= 0.3 is 0 Å². The Hall–Kier alpha value is -3.61. The van der Waals surface area contributed by atoms with Gasteiger partial charge in [-0.15, -0.1) is 0 Å². The van der Waals surface area contributed by atoms with E-state index in [4.69, 9.17) is 0 Å². The lowest BCUT2D eigenvalue weighted by Crippen LogP contribution is -1.94. The number of fused-ring (bicyclic) bond motifs is 1. The summed E-state index contributed by atoms with van der Waals surface area (Å²) in [5.41, 5.74) is 4.23. The molecule has 3 rings (SSSR count). The number of para-hydroxylation sites is 2. The molecular formula is C17H13N5O2. The van der Waals surface area contributed by atoms with Gasteiger partial charge in [0.05, 0.1) is 16.0 Å². The molecule has 0 aliphatic heterocycles. The second-order valence-electron chi connectivity index (χ2n) is 4.80. The molecule has 24 heavy (non-hydrogen) atoms. The van der Waals surface area contributed by atoms with Gasteiger partial charge in [-0.05, 0) is 30.4 Å². The van der Waals surface area contributed by atoms with Crippen LogP contribution in [-0.2, 0) is 0 Å². The third-order valence-electron chi connectivity index (χ3n) is 3.28. The Kier molecular flexibility index (Phi) is 4.52. The lowest BCUT2D eigenvalue weighted by Gasteiger charge is -2.02. The maximum Gasteiger partial charge on any atom is 0.276 e. The molecule has 0 atom stereocenters. The monoisotopic (exact) mass is 319 g/mol. The molecule has 1 N–H and O–H groups in total. The van der Waals surface area contributed by atoms with E-state index in [0.29, 0.717) is 11.4 Å². The summed E-state index contributed by atoms with van der Waals surface area (Å²) in [6.07, 6.45) is 6.22. The van der Waals surface area contributed by atoms with Crippen LogP contribution in [-0.4, -0.2) is 21.1 Å². The quantitative estimate of drug-likeness (QED) is 0.440. The standard InChI is InChI=1S/C17H13N5O2/c23-22(24)16-10-4-1-6-13(16)7-5-11-20-21-17-14-8-2-3-9-15(14)18-12-19-17/h1-12H,(H,18,19,21)/b7-5+,20-11?. The molecule has 0 unspecified atom stereocenters. The van der Waals surface area contributed by atoms with Crippen molar-refractivity contribution in [2.75, 3.05) is 5.43 Å². The normalized spacial score (nSPS) is 11.3. The van der Waals surface area contributed by atoms with Crippen molar-refractivity contribution in [3.8, 4) is 0 Å². The van der Waals surface area contributed by atoms with Gasteiger partial charge in [0, 0.05) is 17.7 Å². The number of nitrogens with one attached hydrogen (secondary N) is 1. The maximum atomic E-state index is 10.9. The number of nitro benzene ring substituents is 1. The van der Waals surface area contributed by atoms with Crippen molar-refractivity contribution in [2.24, 2.45) is 5.10 Å². The number of aromatic nitrogens is 2. The van der Waals surface area contributed by atoms with Crippen molar-refractivity contribution in [2.45, 2.75) is 0 Å². The van der Waals surface area contributed by atoms with Gasteiger partial charge in [0.15, 0.2) is 5.82 Å². The van der Waals surface area contributed by atoms with Gasteiger partial charge in [0.1, 0.15) is 6.33 Å². The first kappa shape index (κ1) is 15.3. The Bertz CT molecular complexity index is 932. The first-order chi connectivity index (χ1) is 11.8. The van der Waals surface area contributed by atoms with Crippen molar-refractivity contribution in [1.82, 2.24) is 9.97 Å². The molecule has 0 radical (unpaired) electrons. The Morgan fingerprint density at radius 3 is 2.75 bits per heavy atom. The number of rotatable bonds is 5. The molecule has 0 spiro atoms. The van der Waals surface area contributed by atoms with E-state index in [9.17, 15) is 10.1 Å². The third-order valence-corrected chi connectivity index (χ3v) is 3.28. The van der Waals surface area contributed by atoms with E-state index < -0.39 is 4.92 Å². The molecule has 0 aliphatic carbocycles. The number of nitro groups is 1. The van der Waals surface area contributed by atoms with E-state index in [1.807, 2.05) is 24.3 Å². The molecule has 2 aromatic carbocycles. The van der Waals surface area contributed by atoms with E-state index in [1.54, 1.807) is 30.4 Å². The predicted molar refractivity (Wildman–Crippen MR) is 93.8 cm³/mol. The summed E-state index contributed by atoms with van der Waals surface area (Å²) >= 11 is 0. The Labute approximate surface area is 137 Å². The minimum absolute atomic E-state index is 0.0527. The Balaban J connectivity index is 1.72. The van der Waals surface area contributed by atoms with Crippen LogP contribution in [0, 0.1) is 10.1 Å². The lowest BCUT2D eigenvalue weighted by molar-refractivity contribution is -0.385. The minimum atomic E-state index is -0.415. The molecule has 0 saturated heterocycles. The van der Waals surface area contributed by atoms with Gasteiger partial charge in [0.2, 0.25) is 0 Å². The second-order valence-corrected chi connectivity index (χ2v) is 4.80. The summed E-state index contributed by atoms with van der Waals surface area (Å²) in [6, 6.07) is 14.1. The van der Waals surface area contributed by atoms with Crippen molar-refractivity contribution >= 4 is 34.7 Å². The number of hydrogen-bond donors (Lipinski definition) is 1. The van der Waals surface area contributed by atoms with Crippen LogP contribution in [0.3, 0.4) is 0 Å². The Morgan fingerprint density at radius 1 is 1.08 bits per heavy atom. The Morgan fingerprint density at radius 2 is 1.88 bits per heavy atom. The van der Waals surface area contributed by atoms with Crippen molar-refractivity contribution in [3.05, 3.63) is 76.6 Å². The zero-order valence-corrected chi connectivity index (χ0v) is 12.5. The van der Waals surface area contributed by atoms with E-state index >= 15 is 0 Å². The number of hydrogen-bond acceptors (Lipinski definition) is 6. The number of benzene rings is 2. The summed E-state index contributed by atoms with van der Waals surface area (Å²) < 4.78 is 0. The van der Waals surface area contributed by atoms with Crippen LogP contribution in [0.2, 0.25) is 0 Å². The molecule has 1 heterocycles. The van der Waals surface area contributed by atoms with E-state index in [-0.39, 0.29) is 5.69 Å². The van der Waals surface area contributed by atoms with Crippen molar-refractivity contribution in [1.29, 1.82) is 0 Å². The first-order valence-electron chi connectivity index (χ1n) is 7.14. The molecule has 7 heteroatoms. The zero-order chi connectivity index (χ0) is 16.8. The van der Waals surface area contributed by atoms with Crippen LogP contribution in [0.1, 0.15) is 5.56 Å². The summed E-state index contributed by atoms with van der Waals surface area (Å²) in [5, 5.41) is 15.9. The average molecular weight is 319 g/mol. The van der Waals surface area contributed by atoms with Crippen LogP contribution in [0.15, 0.2) is 66.0 Å². The lowest BCUT2D eigenvalue weighted by atomic mass is 10.2. The average Bonchev–Trinajstić information content (AvgIpc) is 2.62. The maximum absolute atomic E-state index is 10.9. The van der Waals surface area contributed by atoms with Crippen molar-refractivity contribution in [3.63, 3.8) is 0 Å². The van der Waals surface area contributed by atoms with E-state index in [0.717, 1.165) is 10.9 Å². The fourth-order valence-corrected chi connectivity index (χ4v) is 2.18. The topological polar surface area (TPSA) is 93.3 Å². The van der Waals surface area contributed by atoms with E-state index in [2.05, 4.69) is 20.5 Å². The molecule has 0 aliphatic rings. The summed E-state index contributed by atoms with van der Waals surface area (Å²) in [5.74, 6) is 0.593. The second kappa shape index (κ2) is 7.10. The fourth-order valence-electron chi connectivity index (χ4n) is 2.18. The number of anilines is 1. The summed E-state index contributed by atoms with van der Waals surface area (Å²) in [7, 11) is 0. The fraction of sp³-hybridized carbons (Fsp3) is 0. The van der Waals surface area contributed by atoms with Gasteiger partial charge in [0.25, 0.3) is 5.69 Å². The first-order valence-corrected chi connectivity index (χ1v) is 7.14. The molecule has 7 nitrogen and oxygen atoms in total. The van der Waals surface area contributed by atoms with Gasteiger partial charge in [-0.2, -0.15) is 5.10 Å². The van der Waals surface area contributed by atoms with Crippen LogP contribution in [0.25, 0.3) is 17.0 Å². The van der Waals surface area contributed by atoms with Crippen LogP contribution < -0.4 is 5.43 Å². The summed E-state index contributed by atoms with van der Waals surface area (Å²) in [6.45, 7) is 0. The van der Waals surface area contributed by atoms with Gasteiger partial charge in [-0.25, -0.2) is 9.97 Å². The van der Waals surface area contributed by atoms with Gasteiger partial charge < -0.3 is 0 Å². The van der Waals surface area contributed by atoms with Crippen LogP contribution in [0.4, 0.5) is 11.5 Å². The molecule has 0 fully saturated rings. The van der Waals surface area contributed by atoms with Crippen molar-refractivity contribution < 1.29 is 4.92 Å². The number of nitrogens with zero attached hydrogens (tertiary/aromatic N) is 4. The molecule has 0 saturated carbocycles. The number of hydrazone groups is 1. The van der Waals surface area contributed by atoms with Crippen LogP contribution in [0.5, 0.6) is 0 Å². The molecule has 3 aromatic rings. The highest BCUT2D eigenvalue weighted by molar-refractivity contribution is 5.89. The molecule has 0 bridgehead atoms. The predicted octanol–water partition coefficient (Wildman–Crippen LogP) is 3.65. The zero-order valence-electron chi connectivity index (χ0n) is 12.5. The molecular weight excluding hydrogens is 306 g/mol. The molecule has 1 aromatic heterocycles. The molecule has 118 valence electrons. The third kappa shape index (κ3) is 3.41. The van der Waals surface area contributed by atoms with Gasteiger partial charge in [-0.3, -0.25) is 15.5 Å².